The van der Waals surface area contributed by atoms with E-state index in [0.29, 0.717) is 0 Å². The molecule has 1 fully saturated rings. The standard InChI is InChI=1S/C14H24N4O3/c1-10-11(4-17(2)16-10)5-18-6-12(8-19)13(7-18)15-14(20)9-21-3/h4,12-13,19H,5-9H2,1-3H3,(H,15,20)/t12-,13+/m0/s1. The van der Waals surface area contributed by atoms with Crippen molar-refractivity contribution in [1.29, 1.82) is 0 Å². The van der Waals surface area contributed by atoms with Crippen LogP contribution in [0.3, 0.4) is 0 Å². The van der Waals surface area contributed by atoms with Gasteiger partial charge in [-0.2, -0.15) is 5.10 Å². The minimum atomic E-state index is -0.139. The maximum absolute atomic E-state index is 11.6. The number of carbonyl (C=O) groups excluding carboxylic acids is 1. The van der Waals surface area contributed by atoms with Gasteiger partial charge in [-0.15, -0.1) is 0 Å². The average Bonchev–Trinajstić information content (AvgIpc) is 2.93. The van der Waals surface area contributed by atoms with E-state index in [4.69, 9.17) is 4.74 Å². The molecular formula is C14H24N4O3. The molecule has 1 aliphatic rings. The van der Waals surface area contributed by atoms with Crippen molar-refractivity contribution in [2.24, 2.45) is 13.0 Å². The summed E-state index contributed by atoms with van der Waals surface area (Å²) in [7, 11) is 3.40. The number of amides is 1. The molecule has 1 saturated heterocycles. The molecule has 21 heavy (non-hydrogen) atoms. The van der Waals surface area contributed by atoms with Gasteiger partial charge in [0.05, 0.1) is 5.69 Å². The molecule has 0 radical (unpaired) electrons. The number of nitrogens with one attached hydrogen (secondary N) is 1. The second-order valence-corrected chi connectivity index (χ2v) is 5.66. The van der Waals surface area contributed by atoms with Crippen molar-refractivity contribution in [2.75, 3.05) is 33.4 Å². The van der Waals surface area contributed by atoms with Crippen LogP contribution in [0.2, 0.25) is 0 Å². The van der Waals surface area contributed by atoms with Crippen molar-refractivity contribution in [1.82, 2.24) is 20.0 Å². The van der Waals surface area contributed by atoms with Crippen LogP contribution in [-0.2, 0) is 23.1 Å². The van der Waals surface area contributed by atoms with Gasteiger partial charge in [0.1, 0.15) is 6.61 Å². The smallest absolute Gasteiger partial charge is 0.246 e. The van der Waals surface area contributed by atoms with E-state index in [1.54, 1.807) is 0 Å². The Bertz CT molecular complexity index is 489. The van der Waals surface area contributed by atoms with Gasteiger partial charge < -0.3 is 15.2 Å². The quantitative estimate of drug-likeness (QED) is 0.724. The third kappa shape index (κ3) is 4.03. The number of methoxy groups -OCH3 is 1. The molecule has 0 spiro atoms. The van der Waals surface area contributed by atoms with Gasteiger partial charge in [-0.1, -0.05) is 0 Å². The predicted octanol–water partition coefficient (Wildman–Crippen LogP) is -0.716. The highest BCUT2D eigenvalue weighted by atomic mass is 16.5. The number of aliphatic hydroxyl groups is 1. The van der Waals surface area contributed by atoms with Crippen LogP contribution in [0.15, 0.2) is 6.20 Å². The van der Waals surface area contributed by atoms with Crippen LogP contribution in [0.4, 0.5) is 0 Å². The molecule has 0 aliphatic carbocycles. The molecule has 0 unspecified atom stereocenters. The maximum atomic E-state index is 11.6. The lowest BCUT2D eigenvalue weighted by atomic mass is 10.1. The third-order valence-corrected chi connectivity index (χ3v) is 3.88. The number of hydrogen-bond acceptors (Lipinski definition) is 5. The second-order valence-electron chi connectivity index (χ2n) is 5.66. The fourth-order valence-electron chi connectivity index (χ4n) is 2.86. The Kier molecular flexibility index (Phi) is 5.33. The Morgan fingerprint density at radius 3 is 2.90 bits per heavy atom. The van der Waals surface area contributed by atoms with Crippen LogP contribution >= 0.6 is 0 Å². The van der Waals surface area contributed by atoms with Gasteiger partial charge in [-0.3, -0.25) is 14.4 Å². The van der Waals surface area contributed by atoms with Crippen LogP contribution in [-0.4, -0.2) is 65.1 Å². The summed E-state index contributed by atoms with van der Waals surface area (Å²) >= 11 is 0. The normalized spacial score (nSPS) is 22.7. The van der Waals surface area contributed by atoms with Crippen LogP contribution in [0.1, 0.15) is 11.3 Å². The topological polar surface area (TPSA) is 79.6 Å². The monoisotopic (exact) mass is 296 g/mol. The molecule has 2 heterocycles. The first-order valence-corrected chi connectivity index (χ1v) is 7.14. The Morgan fingerprint density at radius 2 is 2.33 bits per heavy atom. The van der Waals surface area contributed by atoms with Crippen molar-refractivity contribution >= 4 is 5.91 Å². The number of rotatable bonds is 6. The first-order valence-electron chi connectivity index (χ1n) is 7.14. The van der Waals surface area contributed by atoms with Gasteiger partial charge in [-0.25, -0.2) is 0 Å². The minimum absolute atomic E-state index is 0.0328. The molecule has 118 valence electrons. The molecule has 0 bridgehead atoms. The highest BCUT2D eigenvalue weighted by Gasteiger charge is 2.33. The number of aliphatic hydroxyl groups excluding tert-OH is 1. The molecule has 7 heteroatoms. The molecule has 2 rings (SSSR count). The molecule has 7 nitrogen and oxygen atoms in total. The molecule has 0 saturated carbocycles. The SMILES string of the molecule is COCC(=O)N[C@@H]1CN(Cc2cn(C)nc2C)C[C@H]1CO. The Morgan fingerprint density at radius 1 is 1.57 bits per heavy atom. The number of likely N-dealkylation sites (tertiary alicyclic amines) is 1. The summed E-state index contributed by atoms with van der Waals surface area (Å²) in [4.78, 5) is 13.9. The summed E-state index contributed by atoms with van der Waals surface area (Å²) in [6, 6.07) is -0.0328. The molecule has 1 aromatic rings. The fraction of sp³-hybridized carbons (Fsp3) is 0.714. The summed E-state index contributed by atoms with van der Waals surface area (Å²) in [5, 5.41) is 16.8. The van der Waals surface area contributed by atoms with Gasteiger partial charge >= 0.3 is 0 Å². The largest absolute Gasteiger partial charge is 0.396 e. The summed E-state index contributed by atoms with van der Waals surface area (Å²) < 4.78 is 6.63. The first-order chi connectivity index (χ1) is 10.0. The van der Waals surface area contributed by atoms with E-state index in [2.05, 4.69) is 15.3 Å². The van der Waals surface area contributed by atoms with E-state index in [0.717, 1.165) is 25.3 Å². The number of nitrogens with zero attached hydrogens (tertiary/aromatic N) is 3. The lowest BCUT2D eigenvalue weighted by Gasteiger charge is -2.17. The lowest BCUT2D eigenvalue weighted by molar-refractivity contribution is -0.125. The molecule has 0 aromatic carbocycles. The van der Waals surface area contributed by atoms with Crippen LogP contribution in [0.5, 0.6) is 0 Å². The highest BCUT2D eigenvalue weighted by Crippen LogP contribution is 2.20. The van der Waals surface area contributed by atoms with Crippen LogP contribution in [0.25, 0.3) is 0 Å². The average molecular weight is 296 g/mol. The fourth-order valence-corrected chi connectivity index (χ4v) is 2.86. The number of ether oxygens (including phenoxy) is 1. The zero-order chi connectivity index (χ0) is 15.4. The first kappa shape index (κ1) is 15.9. The van der Waals surface area contributed by atoms with E-state index in [-0.39, 0.29) is 31.1 Å². The molecule has 2 N–H and O–H groups in total. The number of carbonyl (C=O) groups is 1. The van der Waals surface area contributed by atoms with Crippen molar-refractivity contribution < 1.29 is 14.6 Å². The maximum Gasteiger partial charge on any atom is 0.246 e. The van der Waals surface area contributed by atoms with Crippen LogP contribution in [0, 0.1) is 12.8 Å². The van der Waals surface area contributed by atoms with Crippen molar-refractivity contribution in [2.45, 2.75) is 19.5 Å². The van der Waals surface area contributed by atoms with Crippen molar-refractivity contribution in [3.05, 3.63) is 17.5 Å². The van der Waals surface area contributed by atoms with Gasteiger partial charge in [0.25, 0.3) is 0 Å². The Balaban J connectivity index is 1.95. The summed E-state index contributed by atoms with van der Waals surface area (Å²) in [6.07, 6.45) is 2.01. The second kappa shape index (κ2) is 7.02. The van der Waals surface area contributed by atoms with Gasteiger partial charge in [0.15, 0.2) is 0 Å². The minimum Gasteiger partial charge on any atom is -0.396 e. The van der Waals surface area contributed by atoms with Crippen molar-refractivity contribution in [3.63, 3.8) is 0 Å². The van der Waals surface area contributed by atoms with E-state index >= 15 is 0 Å². The zero-order valence-corrected chi connectivity index (χ0v) is 12.9. The van der Waals surface area contributed by atoms with E-state index in [1.807, 2.05) is 24.9 Å². The number of aromatic nitrogens is 2. The zero-order valence-electron chi connectivity index (χ0n) is 12.9. The third-order valence-electron chi connectivity index (χ3n) is 3.88. The highest BCUT2D eigenvalue weighted by molar-refractivity contribution is 5.77. The summed E-state index contributed by atoms with van der Waals surface area (Å²) in [6.45, 7) is 4.40. The number of aryl methyl sites for hydroxylation is 2. The van der Waals surface area contributed by atoms with Gasteiger partial charge in [-0.05, 0) is 6.92 Å². The van der Waals surface area contributed by atoms with Gasteiger partial charge in [0.2, 0.25) is 5.91 Å². The van der Waals surface area contributed by atoms with E-state index in [1.165, 1.54) is 12.7 Å². The molecular weight excluding hydrogens is 272 g/mol. The molecule has 1 amide bonds. The van der Waals surface area contributed by atoms with E-state index in [9.17, 15) is 9.90 Å². The van der Waals surface area contributed by atoms with Crippen molar-refractivity contribution in [3.8, 4) is 0 Å². The van der Waals surface area contributed by atoms with Crippen LogP contribution < -0.4 is 5.32 Å². The molecule has 2 atom stereocenters. The Labute approximate surface area is 124 Å². The summed E-state index contributed by atoms with van der Waals surface area (Å²) in [5.41, 5.74) is 2.20. The van der Waals surface area contributed by atoms with E-state index < -0.39 is 0 Å². The number of hydrogen-bond donors (Lipinski definition) is 2. The van der Waals surface area contributed by atoms with Gasteiger partial charge in [0, 0.05) is 64.1 Å². The summed E-state index contributed by atoms with van der Waals surface area (Å²) in [5.74, 6) is -0.0804. The Hall–Kier alpha value is -1.44. The predicted molar refractivity (Wildman–Crippen MR) is 77.6 cm³/mol. The lowest BCUT2D eigenvalue weighted by Crippen LogP contribution is -2.43. The molecule has 1 aliphatic heterocycles. The molecule has 1 aromatic heterocycles.